The van der Waals surface area contributed by atoms with Crippen LogP contribution in [0, 0.1) is 0 Å². The SMILES string of the molecule is CC(OC1CNc2ccccc2C1)C(=O)NC(N)=O. The third-order valence-electron chi connectivity index (χ3n) is 3.00. The van der Waals surface area contributed by atoms with E-state index in [0.29, 0.717) is 6.54 Å². The summed E-state index contributed by atoms with van der Waals surface area (Å²) < 4.78 is 5.63. The topological polar surface area (TPSA) is 93.4 Å². The summed E-state index contributed by atoms with van der Waals surface area (Å²) in [5, 5.41) is 5.26. The Morgan fingerprint density at radius 3 is 2.95 bits per heavy atom. The van der Waals surface area contributed by atoms with Gasteiger partial charge in [0.05, 0.1) is 6.10 Å². The van der Waals surface area contributed by atoms with Crippen LogP contribution < -0.4 is 16.4 Å². The number of carbonyl (C=O) groups is 2. The van der Waals surface area contributed by atoms with Crippen molar-refractivity contribution >= 4 is 17.6 Å². The molecule has 6 heteroatoms. The normalized spacial score (nSPS) is 18.9. The summed E-state index contributed by atoms with van der Waals surface area (Å²) in [5.74, 6) is -0.522. The average molecular weight is 263 g/mol. The highest BCUT2D eigenvalue weighted by atomic mass is 16.5. The van der Waals surface area contributed by atoms with Crippen LogP contribution in [-0.2, 0) is 16.0 Å². The lowest BCUT2D eigenvalue weighted by atomic mass is 10.0. The second-order valence-electron chi connectivity index (χ2n) is 4.50. The lowest BCUT2D eigenvalue weighted by Crippen LogP contribution is -2.44. The molecule has 6 nitrogen and oxygen atoms in total. The first-order valence-corrected chi connectivity index (χ1v) is 6.14. The van der Waals surface area contributed by atoms with Crippen LogP contribution in [0.2, 0.25) is 0 Å². The lowest BCUT2D eigenvalue weighted by molar-refractivity contribution is -0.133. The van der Waals surface area contributed by atoms with Gasteiger partial charge in [0.1, 0.15) is 6.10 Å². The number of nitrogens with one attached hydrogen (secondary N) is 2. The monoisotopic (exact) mass is 263 g/mol. The standard InChI is InChI=1S/C13H17N3O3/c1-8(12(17)16-13(14)18)19-10-6-9-4-2-3-5-11(9)15-7-10/h2-5,8,10,15H,6-7H2,1H3,(H3,14,16,17,18). The molecule has 2 unspecified atom stereocenters. The largest absolute Gasteiger partial charge is 0.382 e. The molecule has 4 N–H and O–H groups in total. The van der Waals surface area contributed by atoms with Crippen LogP contribution in [-0.4, -0.2) is 30.7 Å². The molecule has 0 saturated carbocycles. The second kappa shape index (κ2) is 5.71. The summed E-state index contributed by atoms with van der Waals surface area (Å²) in [7, 11) is 0. The van der Waals surface area contributed by atoms with Gasteiger partial charge in [-0.05, 0) is 18.6 Å². The van der Waals surface area contributed by atoms with Gasteiger partial charge in [-0.2, -0.15) is 0 Å². The zero-order chi connectivity index (χ0) is 13.8. The molecule has 0 aliphatic carbocycles. The van der Waals surface area contributed by atoms with E-state index >= 15 is 0 Å². The van der Waals surface area contributed by atoms with Gasteiger partial charge in [-0.25, -0.2) is 4.79 Å². The summed E-state index contributed by atoms with van der Waals surface area (Å²) in [6.45, 7) is 2.23. The molecule has 1 aromatic rings. The zero-order valence-corrected chi connectivity index (χ0v) is 10.7. The van der Waals surface area contributed by atoms with Crippen molar-refractivity contribution in [3.05, 3.63) is 29.8 Å². The number of imide groups is 1. The quantitative estimate of drug-likeness (QED) is 0.745. The molecule has 2 atom stereocenters. The molecular formula is C13H17N3O3. The van der Waals surface area contributed by atoms with E-state index in [1.807, 2.05) is 29.6 Å². The molecule has 19 heavy (non-hydrogen) atoms. The van der Waals surface area contributed by atoms with Crippen molar-refractivity contribution in [2.24, 2.45) is 5.73 Å². The van der Waals surface area contributed by atoms with E-state index in [1.54, 1.807) is 6.92 Å². The van der Waals surface area contributed by atoms with Crippen LogP contribution in [0.25, 0.3) is 0 Å². The zero-order valence-electron chi connectivity index (χ0n) is 10.7. The van der Waals surface area contributed by atoms with Crippen molar-refractivity contribution in [3.8, 4) is 0 Å². The molecular weight excluding hydrogens is 246 g/mol. The number of ether oxygens (including phenoxy) is 1. The fraction of sp³-hybridized carbons (Fsp3) is 0.385. The Kier molecular flexibility index (Phi) is 4.01. The number of para-hydroxylation sites is 1. The Morgan fingerprint density at radius 1 is 1.47 bits per heavy atom. The Morgan fingerprint density at radius 2 is 2.21 bits per heavy atom. The van der Waals surface area contributed by atoms with Crippen molar-refractivity contribution in [1.82, 2.24) is 5.32 Å². The van der Waals surface area contributed by atoms with Gasteiger partial charge >= 0.3 is 6.03 Å². The predicted octanol–water partition coefficient (Wildman–Crippen LogP) is 0.623. The Bertz CT molecular complexity index is 490. The molecule has 0 saturated heterocycles. The molecule has 1 heterocycles. The molecule has 0 bridgehead atoms. The van der Waals surface area contributed by atoms with Crippen molar-refractivity contribution in [2.75, 3.05) is 11.9 Å². The van der Waals surface area contributed by atoms with Crippen LogP contribution in [0.15, 0.2) is 24.3 Å². The van der Waals surface area contributed by atoms with E-state index in [0.717, 1.165) is 17.7 Å². The Balaban J connectivity index is 1.91. The van der Waals surface area contributed by atoms with Gasteiger partial charge < -0.3 is 15.8 Å². The van der Waals surface area contributed by atoms with E-state index in [2.05, 4.69) is 5.32 Å². The first kappa shape index (κ1) is 13.4. The summed E-state index contributed by atoms with van der Waals surface area (Å²) in [5.41, 5.74) is 7.14. The minimum atomic E-state index is -0.868. The molecule has 0 radical (unpaired) electrons. The summed E-state index contributed by atoms with van der Waals surface area (Å²) >= 11 is 0. The van der Waals surface area contributed by atoms with Crippen LogP contribution in [0.4, 0.5) is 10.5 Å². The number of hydrogen-bond acceptors (Lipinski definition) is 4. The smallest absolute Gasteiger partial charge is 0.318 e. The number of hydrogen-bond donors (Lipinski definition) is 3. The van der Waals surface area contributed by atoms with Gasteiger partial charge in [-0.1, -0.05) is 18.2 Å². The van der Waals surface area contributed by atoms with Crippen LogP contribution >= 0.6 is 0 Å². The molecule has 2 rings (SSSR count). The lowest BCUT2D eigenvalue weighted by Gasteiger charge is -2.28. The Hall–Kier alpha value is -2.08. The number of benzene rings is 1. The van der Waals surface area contributed by atoms with Gasteiger partial charge in [0, 0.05) is 18.7 Å². The number of carbonyl (C=O) groups excluding carboxylic acids is 2. The van der Waals surface area contributed by atoms with Gasteiger partial charge in [0.2, 0.25) is 0 Å². The Labute approximate surface area is 111 Å². The van der Waals surface area contributed by atoms with Crippen LogP contribution in [0.5, 0.6) is 0 Å². The highest BCUT2D eigenvalue weighted by Gasteiger charge is 2.23. The molecule has 1 aliphatic heterocycles. The van der Waals surface area contributed by atoms with Crippen LogP contribution in [0.3, 0.4) is 0 Å². The van der Waals surface area contributed by atoms with E-state index in [9.17, 15) is 9.59 Å². The third kappa shape index (κ3) is 3.45. The van der Waals surface area contributed by atoms with Gasteiger partial charge in [-0.15, -0.1) is 0 Å². The number of urea groups is 1. The number of nitrogens with two attached hydrogens (primary N) is 1. The van der Waals surface area contributed by atoms with Crippen molar-refractivity contribution in [2.45, 2.75) is 25.6 Å². The molecule has 3 amide bonds. The molecule has 0 spiro atoms. The maximum Gasteiger partial charge on any atom is 0.318 e. The molecule has 1 aromatic carbocycles. The first-order valence-electron chi connectivity index (χ1n) is 6.14. The maximum atomic E-state index is 11.5. The molecule has 0 fully saturated rings. The van der Waals surface area contributed by atoms with Crippen LogP contribution in [0.1, 0.15) is 12.5 Å². The first-order chi connectivity index (χ1) is 9.06. The number of anilines is 1. The molecule has 1 aliphatic rings. The van der Waals surface area contributed by atoms with E-state index in [1.165, 1.54) is 0 Å². The summed E-state index contributed by atoms with van der Waals surface area (Å²) in [4.78, 5) is 22.1. The number of fused-ring (bicyclic) bond motifs is 1. The van der Waals surface area contributed by atoms with E-state index < -0.39 is 18.0 Å². The fourth-order valence-electron chi connectivity index (χ4n) is 2.08. The minimum absolute atomic E-state index is 0.108. The van der Waals surface area contributed by atoms with Crippen molar-refractivity contribution in [3.63, 3.8) is 0 Å². The summed E-state index contributed by atoms with van der Waals surface area (Å²) in [6, 6.07) is 7.09. The third-order valence-corrected chi connectivity index (χ3v) is 3.00. The van der Waals surface area contributed by atoms with E-state index in [-0.39, 0.29) is 6.10 Å². The van der Waals surface area contributed by atoms with Crippen molar-refractivity contribution in [1.29, 1.82) is 0 Å². The van der Waals surface area contributed by atoms with E-state index in [4.69, 9.17) is 10.5 Å². The second-order valence-corrected chi connectivity index (χ2v) is 4.50. The average Bonchev–Trinajstić information content (AvgIpc) is 2.37. The molecule has 0 aromatic heterocycles. The van der Waals surface area contributed by atoms with Gasteiger partial charge in [0.15, 0.2) is 0 Å². The minimum Gasteiger partial charge on any atom is -0.382 e. The van der Waals surface area contributed by atoms with Crippen molar-refractivity contribution < 1.29 is 14.3 Å². The number of rotatable bonds is 3. The highest BCUT2D eigenvalue weighted by molar-refractivity contribution is 5.95. The fourth-order valence-corrected chi connectivity index (χ4v) is 2.08. The summed E-state index contributed by atoms with van der Waals surface area (Å²) in [6.07, 6.45) is -0.0923. The maximum absolute atomic E-state index is 11.5. The highest BCUT2D eigenvalue weighted by Crippen LogP contribution is 2.22. The van der Waals surface area contributed by atoms with Gasteiger partial charge in [0.25, 0.3) is 5.91 Å². The van der Waals surface area contributed by atoms with Gasteiger partial charge in [-0.3, -0.25) is 10.1 Å². The molecule has 102 valence electrons. The number of amides is 3. The number of primary amides is 1. The predicted molar refractivity (Wildman–Crippen MR) is 70.7 cm³/mol.